The molecule has 3 heterocycles. The third-order valence-electron chi connectivity index (χ3n) is 17.7. The van der Waals surface area contributed by atoms with Crippen molar-refractivity contribution in [1.82, 2.24) is 45.9 Å². The Morgan fingerprint density at radius 2 is 1.44 bits per heavy atom. The topological polar surface area (TPSA) is 443 Å². The zero-order chi connectivity index (χ0) is 78.9. The standard InChI is InChI=1S/C72H108N11O23P/c1-13-44(5)59-64(87)77-49(10)69(91)105-61(45(6)14-2)47(8)54(27-22-46(7)68(90)103-55(38-43(3)4)63(86)76-48(9)65(88)82(12)53(39-50-20-16-15-17-21-50)66(89)81(11)40-58(84)79-59)104-72(94)75-30-19-33-98-35-37-99-36-34-97-32-18-29-74-71(93)100-41-51-23-25-52(26-24-51)80-101-42-56-62(106-107(95)96)60(85)67(102-56)83-31-28-57(73)78-70(83)92/h14-17,20-26,28,31,43-44,47-49,53-56,59-62,67,80,85,107H,13,18-19,27,29-30,32-42H2,1-12H3,(H,74,93)(H,75,94)(H,76,86)(H,77,87)(H,79,84)(H,95,96)(H2,73,78,92)/b45-14+,46-22+/t44?,47-,48-,49+,53+,54-,55+,56+,59?,60+,61+,62+,67+/m0/s1. The largest absolute Gasteiger partial charge is 0.456 e. The van der Waals surface area contributed by atoms with Crippen LogP contribution in [0.5, 0.6) is 0 Å². The second kappa shape index (κ2) is 45.7. The summed E-state index contributed by atoms with van der Waals surface area (Å²) in [6.07, 6.45) is -4.44. The van der Waals surface area contributed by atoms with Crippen molar-refractivity contribution in [2.24, 2.45) is 17.8 Å². The van der Waals surface area contributed by atoms with Crippen LogP contribution in [0.3, 0.4) is 0 Å². The lowest BCUT2D eigenvalue weighted by atomic mass is 9.90. The van der Waals surface area contributed by atoms with Crippen LogP contribution in [-0.2, 0) is 98.4 Å². The van der Waals surface area contributed by atoms with E-state index in [9.17, 15) is 62.5 Å². The molecule has 0 aliphatic carbocycles. The molecule has 7 amide bonds. The number of hydrogen-bond acceptors (Lipinski definition) is 25. The summed E-state index contributed by atoms with van der Waals surface area (Å²) in [6.45, 7) is 17.9. The predicted molar refractivity (Wildman–Crippen MR) is 390 cm³/mol. The van der Waals surface area contributed by atoms with Gasteiger partial charge < -0.3 is 94.5 Å². The van der Waals surface area contributed by atoms with Gasteiger partial charge in [0.05, 0.1) is 38.7 Å². The van der Waals surface area contributed by atoms with Crippen LogP contribution in [-0.4, -0.2) is 224 Å². The molecule has 107 heavy (non-hydrogen) atoms. The molecule has 1 aromatic heterocycles. The Morgan fingerprint density at radius 3 is 2.05 bits per heavy atom. The van der Waals surface area contributed by atoms with Crippen LogP contribution >= 0.6 is 8.25 Å². The molecule has 0 bridgehead atoms. The maximum atomic E-state index is 14.4. The number of allylic oxidation sites excluding steroid dienone is 1. The highest BCUT2D eigenvalue weighted by Crippen LogP contribution is 2.36. The molecule has 34 nitrogen and oxygen atoms in total. The number of likely N-dealkylation sites (N-methyl/N-ethyl adjacent to an activating group) is 2. The molecule has 10 N–H and O–H groups in total. The van der Waals surface area contributed by atoms with E-state index in [1.54, 1.807) is 88.4 Å². The van der Waals surface area contributed by atoms with Crippen LogP contribution in [0.2, 0.25) is 0 Å². The lowest BCUT2D eigenvalue weighted by Crippen LogP contribution is -2.57. The number of esters is 2. The SMILES string of the molecule is C/C=C(\C)[C@H]1OC(=O)[C@@H](C)NC(=O)C(C(C)CC)NC(=O)CN(C)C(=O)[C@@H](Cc2ccccc2)N(C)C(=O)[C@H](C)NC(=O)[C@@H](CC(C)C)OC(=O)/C(C)=C/C[C@H](OC(=O)NCCCOCCOCCOCCCNC(=O)OCc2ccc(NOC[C@H]3O[C@@H](n4ccc(N)nc4=O)[C@H](O)[C@@H]3O[PH](=O)O)cc2)[C@@H]1C. The minimum Gasteiger partial charge on any atom is -0.456 e. The van der Waals surface area contributed by atoms with Crippen molar-refractivity contribution in [2.75, 3.05) is 91.2 Å². The van der Waals surface area contributed by atoms with Crippen molar-refractivity contribution in [1.29, 1.82) is 0 Å². The number of carbonyl (C=O) groups excluding carboxylic acids is 9. The van der Waals surface area contributed by atoms with E-state index in [0.29, 0.717) is 48.3 Å². The molecule has 1 fully saturated rings. The molecule has 5 rings (SSSR count). The quantitative estimate of drug-likeness (QED) is 0.0110. The number of aromatic nitrogens is 2. The van der Waals surface area contributed by atoms with Gasteiger partial charge in [-0.15, -0.1) is 0 Å². The highest BCUT2D eigenvalue weighted by molar-refractivity contribution is 7.32. The van der Waals surface area contributed by atoms with Crippen LogP contribution in [0, 0.1) is 17.8 Å². The fraction of sp³-hybridized carbons (Fsp3) is 0.597. The van der Waals surface area contributed by atoms with E-state index in [4.69, 9.17) is 53.0 Å². The minimum atomic E-state index is -3.52. The molecule has 0 spiro atoms. The van der Waals surface area contributed by atoms with Crippen LogP contribution in [0.4, 0.5) is 21.1 Å². The van der Waals surface area contributed by atoms with Gasteiger partial charge >= 0.3 is 38.1 Å². The summed E-state index contributed by atoms with van der Waals surface area (Å²) < 4.78 is 63.5. The molecule has 2 aliphatic heterocycles. The third kappa shape index (κ3) is 29.7. The number of amides is 7. The Kier molecular flexibility index (Phi) is 37.9. The zero-order valence-corrected chi connectivity index (χ0v) is 63.9. The summed E-state index contributed by atoms with van der Waals surface area (Å²) in [5.74, 6) is -6.61. The van der Waals surface area contributed by atoms with E-state index in [-0.39, 0.29) is 95.9 Å². The number of nitrogens with zero attached hydrogens (tertiary/aromatic N) is 4. The van der Waals surface area contributed by atoms with Crippen LogP contribution in [0.15, 0.2) is 95.0 Å². The summed E-state index contributed by atoms with van der Waals surface area (Å²) in [6, 6.07) is 12.1. The Morgan fingerprint density at radius 1 is 0.813 bits per heavy atom. The number of rotatable bonds is 31. The summed E-state index contributed by atoms with van der Waals surface area (Å²) in [5.41, 5.74) is 9.90. The van der Waals surface area contributed by atoms with Crippen molar-refractivity contribution in [2.45, 2.75) is 181 Å². The van der Waals surface area contributed by atoms with E-state index < -0.39 is 153 Å². The maximum Gasteiger partial charge on any atom is 0.407 e. The molecule has 2 aromatic carbocycles. The van der Waals surface area contributed by atoms with Crippen molar-refractivity contribution in [3.05, 3.63) is 112 Å². The number of nitrogens with two attached hydrogens (primary N) is 1. The van der Waals surface area contributed by atoms with E-state index in [1.165, 1.54) is 58.1 Å². The molecule has 3 unspecified atom stereocenters. The Labute approximate surface area is 624 Å². The number of anilines is 2. The van der Waals surface area contributed by atoms with E-state index in [0.717, 1.165) is 9.47 Å². The monoisotopic (exact) mass is 1530 g/mol. The van der Waals surface area contributed by atoms with E-state index in [1.807, 2.05) is 20.8 Å². The predicted octanol–water partition coefficient (Wildman–Crippen LogP) is 3.94. The summed E-state index contributed by atoms with van der Waals surface area (Å²) >= 11 is 0. The van der Waals surface area contributed by atoms with Gasteiger partial charge in [-0.05, 0) is 101 Å². The lowest BCUT2D eigenvalue weighted by Gasteiger charge is -2.33. The molecule has 2 aliphatic rings. The van der Waals surface area contributed by atoms with Crippen LogP contribution in [0.25, 0.3) is 0 Å². The number of nitrogen functional groups attached to an aromatic ring is 1. The lowest BCUT2D eigenvalue weighted by molar-refractivity contribution is -0.155. The summed E-state index contributed by atoms with van der Waals surface area (Å²) in [5, 5.41) is 24.3. The van der Waals surface area contributed by atoms with Crippen LogP contribution < -0.4 is 43.5 Å². The van der Waals surface area contributed by atoms with Crippen molar-refractivity contribution in [3.63, 3.8) is 0 Å². The van der Waals surface area contributed by atoms with Gasteiger partial charge in [0.25, 0.3) is 5.91 Å². The highest BCUT2D eigenvalue weighted by Gasteiger charge is 2.47. The van der Waals surface area contributed by atoms with Gasteiger partial charge in [0.15, 0.2) is 12.3 Å². The fourth-order valence-electron chi connectivity index (χ4n) is 11.2. The number of nitrogens with one attached hydrogen (secondary N) is 6. The number of ether oxygens (including phenoxy) is 8. The van der Waals surface area contributed by atoms with Gasteiger partial charge in [-0.2, -0.15) is 4.98 Å². The smallest absolute Gasteiger partial charge is 0.407 e. The molecule has 594 valence electrons. The second-order valence-electron chi connectivity index (χ2n) is 26.6. The van der Waals surface area contributed by atoms with Crippen molar-refractivity contribution >= 4 is 73.4 Å². The maximum absolute atomic E-state index is 14.4. The molecular weight excluding hydrogens is 1420 g/mol. The first kappa shape index (κ1) is 88.8. The average Bonchev–Trinajstić information content (AvgIpc) is 1.66. The fourth-order valence-corrected chi connectivity index (χ4v) is 11.7. The Balaban J connectivity index is 1.08. The van der Waals surface area contributed by atoms with E-state index >= 15 is 0 Å². The molecule has 1 saturated heterocycles. The molecular formula is C72H108N11O23P. The molecule has 0 radical (unpaired) electrons. The number of alkyl carbamates (subject to hydrolysis) is 2. The summed E-state index contributed by atoms with van der Waals surface area (Å²) in [7, 11) is -0.713. The van der Waals surface area contributed by atoms with Gasteiger partial charge in [-0.1, -0.05) is 95.7 Å². The Bertz CT molecular complexity index is 3530. The third-order valence-corrected chi connectivity index (χ3v) is 18.2. The van der Waals surface area contributed by atoms with Gasteiger partial charge in [-0.25, -0.2) is 24.0 Å². The van der Waals surface area contributed by atoms with Gasteiger partial charge in [0.2, 0.25) is 23.6 Å². The first-order chi connectivity index (χ1) is 50.9. The number of cyclic esters (lactones) is 2. The number of benzene rings is 2. The molecule has 0 saturated carbocycles. The van der Waals surface area contributed by atoms with Crippen molar-refractivity contribution in [3.8, 4) is 0 Å². The van der Waals surface area contributed by atoms with Gasteiger partial charge in [0, 0.05) is 70.9 Å². The number of aliphatic hydroxyl groups excluding tert-OH is 1. The molecule has 14 atom stereocenters. The highest BCUT2D eigenvalue weighted by atomic mass is 31.1. The Hall–Kier alpha value is -8.86. The average molecular weight is 1530 g/mol. The summed E-state index contributed by atoms with van der Waals surface area (Å²) in [4.78, 5) is 158. The number of carbonyl (C=O) groups is 9. The molecule has 35 heteroatoms. The first-order valence-corrected chi connectivity index (χ1v) is 37.0. The van der Waals surface area contributed by atoms with Crippen LogP contribution in [0.1, 0.15) is 119 Å². The van der Waals surface area contributed by atoms with Gasteiger partial charge in [0.1, 0.15) is 73.7 Å². The normalized spacial score (nSPS) is 24.8. The zero-order valence-electron chi connectivity index (χ0n) is 62.9. The molecule has 3 aromatic rings. The number of hydrogen-bond donors (Lipinski definition) is 9. The first-order valence-electron chi connectivity index (χ1n) is 35.7. The number of aliphatic hydroxyl groups is 1. The minimum absolute atomic E-state index is 0.0347. The van der Waals surface area contributed by atoms with Crippen molar-refractivity contribution < 1.29 is 105 Å². The second-order valence-corrected chi connectivity index (χ2v) is 27.4. The van der Waals surface area contributed by atoms with Gasteiger partial charge in [-0.3, -0.25) is 43.4 Å². The van der Waals surface area contributed by atoms with E-state index in [2.05, 4.69) is 37.0 Å².